The molecule has 0 atom stereocenters. The molecule has 1 aliphatic rings. The number of likely N-dealkylation sites (N-methyl/N-ethyl adjacent to an activating group) is 1. The molecule has 5 heteroatoms. The zero-order valence-electron chi connectivity index (χ0n) is 14.4. The van der Waals surface area contributed by atoms with Gasteiger partial charge in [-0.15, -0.1) is 0 Å². The van der Waals surface area contributed by atoms with Crippen molar-refractivity contribution in [3.63, 3.8) is 0 Å². The Kier molecular flexibility index (Phi) is 4.39. The van der Waals surface area contributed by atoms with Crippen molar-refractivity contribution in [3.05, 3.63) is 47.5 Å². The molecule has 126 valence electrons. The third-order valence-electron chi connectivity index (χ3n) is 4.43. The summed E-state index contributed by atoms with van der Waals surface area (Å²) in [6.07, 6.45) is 0. The van der Waals surface area contributed by atoms with E-state index in [1.165, 1.54) is 4.90 Å². The standard InChI is InChI=1S/C19H23N2O3/c1-4-24-13-21(2,3)12-11-20-18(22)15-9-5-7-14-8-6-10-16(17(14)15)19(20)23/h5-10H,4,11-13H2,1-3H3/q+1. The van der Waals surface area contributed by atoms with Gasteiger partial charge in [0.15, 0.2) is 6.73 Å². The van der Waals surface area contributed by atoms with Gasteiger partial charge in [-0.2, -0.15) is 0 Å². The van der Waals surface area contributed by atoms with Crippen LogP contribution in [-0.4, -0.2) is 61.7 Å². The van der Waals surface area contributed by atoms with E-state index in [0.717, 1.165) is 10.8 Å². The van der Waals surface area contributed by atoms with Gasteiger partial charge in [0, 0.05) is 23.1 Å². The van der Waals surface area contributed by atoms with Gasteiger partial charge in [0.25, 0.3) is 11.8 Å². The van der Waals surface area contributed by atoms with E-state index >= 15 is 0 Å². The second-order valence-electron chi connectivity index (χ2n) is 6.75. The SMILES string of the molecule is CCOC[N+](C)(C)CCN1C(=O)c2cccc3cccc(c23)C1=O. The van der Waals surface area contributed by atoms with Crippen LogP contribution in [0.4, 0.5) is 0 Å². The van der Waals surface area contributed by atoms with Crippen molar-refractivity contribution in [1.82, 2.24) is 4.90 Å². The number of carbonyl (C=O) groups excluding carboxylic acids is 2. The minimum atomic E-state index is -0.208. The molecule has 0 unspecified atom stereocenters. The summed E-state index contributed by atoms with van der Waals surface area (Å²) in [4.78, 5) is 27.0. The fourth-order valence-corrected chi connectivity index (χ4v) is 3.06. The lowest BCUT2D eigenvalue weighted by Gasteiger charge is -2.33. The van der Waals surface area contributed by atoms with Crippen molar-refractivity contribution >= 4 is 22.6 Å². The molecular formula is C19H23N2O3+. The number of hydrogen-bond acceptors (Lipinski definition) is 3. The van der Waals surface area contributed by atoms with Gasteiger partial charge in [-0.25, -0.2) is 0 Å². The lowest BCUT2D eigenvalue weighted by atomic mass is 9.94. The molecule has 0 bridgehead atoms. The lowest BCUT2D eigenvalue weighted by molar-refractivity contribution is -0.908. The van der Waals surface area contributed by atoms with E-state index in [-0.39, 0.29) is 11.8 Å². The Morgan fingerprint density at radius 2 is 1.58 bits per heavy atom. The highest BCUT2D eigenvalue weighted by molar-refractivity contribution is 6.25. The number of carbonyl (C=O) groups is 2. The van der Waals surface area contributed by atoms with Gasteiger partial charge in [-0.05, 0) is 24.4 Å². The third kappa shape index (κ3) is 2.92. The summed E-state index contributed by atoms with van der Waals surface area (Å²) in [5.41, 5.74) is 1.22. The number of benzene rings is 2. The van der Waals surface area contributed by atoms with Crippen LogP contribution in [0.2, 0.25) is 0 Å². The minimum Gasteiger partial charge on any atom is -0.332 e. The second-order valence-corrected chi connectivity index (χ2v) is 6.75. The molecule has 0 saturated carbocycles. The monoisotopic (exact) mass is 327 g/mol. The van der Waals surface area contributed by atoms with Gasteiger partial charge in [0.05, 0.1) is 27.2 Å². The Labute approximate surface area is 142 Å². The summed E-state index contributed by atoms with van der Waals surface area (Å²) in [6, 6.07) is 11.2. The van der Waals surface area contributed by atoms with E-state index in [1.807, 2.05) is 45.3 Å². The number of amides is 2. The number of rotatable bonds is 6. The zero-order chi connectivity index (χ0) is 17.3. The molecule has 0 N–H and O–H groups in total. The van der Waals surface area contributed by atoms with Crippen LogP contribution < -0.4 is 0 Å². The maximum Gasteiger partial charge on any atom is 0.261 e. The highest BCUT2D eigenvalue weighted by atomic mass is 16.5. The Hall–Kier alpha value is -2.24. The Balaban J connectivity index is 1.87. The van der Waals surface area contributed by atoms with Crippen LogP contribution in [0, 0.1) is 0 Å². The molecule has 0 spiro atoms. The quantitative estimate of drug-likeness (QED) is 0.465. The molecule has 0 fully saturated rings. The van der Waals surface area contributed by atoms with Crippen molar-refractivity contribution in [3.8, 4) is 0 Å². The fraction of sp³-hybridized carbons (Fsp3) is 0.368. The summed E-state index contributed by atoms with van der Waals surface area (Å²) in [5, 5.41) is 1.70. The lowest BCUT2D eigenvalue weighted by Crippen LogP contribution is -2.50. The Morgan fingerprint density at radius 3 is 2.12 bits per heavy atom. The minimum absolute atomic E-state index is 0.208. The third-order valence-corrected chi connectivity index (χ3v) is 4.43. The molecule has 0 aliphatic carbocycles. The first kappa shape index (κ1) is 16.6. The molecule has 0 radical (unpaired) electrons. The largest absolute Gasteiger partial charge is 0.332 e. The molecule has 0 saturated heterocycles. The van der Waals surface area contributed by atoms with E-state index in [1.54, 1.807) is 12.1 Å². The van der Waals surface area contributed by atoms with Crippen molar-refractivity contribution in [2.75, 3.05) is 40.5 Å². The number of quaternary nitrogens is 1. The van der Waals surface area contributed by atoms with Gasteiger partial charge in [0.2, 0.25) is 0 Å². The summed E-state index contributed by atoms with van der Waals surface area (Å²) in [5.74, 6) is -0.415. The maximum atomic E-state index is 12.8. The Morgan fingerprint density at radius 1 is 1.00 bits per heavy atom. The van der Waals surface area contributed by atoms with Gasteiger partial charge >= 0.3 is 0 Å². The van der Waals surface area contributed by atoms with E-state index in [0.29, 0.717) is 42.0 Å². The summed E-state index contributed by atoms with van der Waals surface area (Å²) in [7, 11) is 4.06. The zero-order valence-corrected chi connectivity index (χ0v) is 14.4. The first-order chi connectivity index (χ1) is 11.4. The number of hydrogen-bond donors (Lipinski definition) is 0. The molecular weight excluding hydrogens is 304 g/mol. The summed E-state index contributed by atoms with van der Waals surface area (Å²) >= 11 is 0. The van der Waals surface area contributed by atoms with Crippen molar-refractivity contribution in [1.29, 1.82) is 0 Å². The average molecular weight is 327 g/mol. The second kappa shape index (κ2) is 6.34. The fourth-order valence-electron chi connectivity index (χ4n) is 3.06. The van der Waals surface area contributed by atoms with Gasteiger partial charge < -0.3 is 9.22 Å². The predicted molar refractivity (Wildman–Crippen MR) is 92.8 cm³/mol. The van der Waals surface area contributed by atoms with Crippen LogP contribution in [0.3, 0.4) is 0 Å². The number of nitrogens with zero attached hydrogens (tertiary/aromatic N) is 2. The van der Waals surface area contributed by atoms with Gasteiger partial charge in [-0.1, -0.05) is 24.3 Å². The van der Waals surface area contributed by atoms with Crippen LogP contribution in [-0.2, 0) is 4.74 Å². The number of ether oxygens (including phenoxy) is 1. The van der Waals surface area contributed by atoms with Crippen LogP contribution in [0.5, 0.6) is 0 Å². The summed E-state index contributed by atoms with van der Waals surface area (Å²) < 4.78 is 6.07. The van der Waals surface area contributed by atoms with Crippen molar-refractivity contribution in [2.45, 2.75) is 6.92 Å². The first-order valence-electron chi connectivity index (χ1n) is 8.22. The highest BCUT2D eigenvalue weighted by Crippen LogP contribution is 2.29. The van der Waals surface area contributed by atoms with E-state index < -0.39 is 0 Å². The first-order valence-corrected chi connectivity index (χ1v) is 8.22. The Bertz CT molecular complexity index is 748. The smallest absolute Gasteiger partial charge is 0.261 e. The van der Waals surface area contributed by atoms with Crippen LogP contribution in [0.1, 0.15) is 27.6 Å². The van der Waals surface area contributed by atoms with Crippen LogP contribution >= 0.6 is 0 Å². The van der Waals surface area contributed by atoms with E-state index in [2.05, 4.69) is 0 Å². The molecule has 1 aliphatic heterocycles. The molecule has 1 heterocycles. The van der Waals surface area contributed by atoms with Crippen LogP contribution in [0.15, 0.2) is 36.4 Å². The molecule has 24 heavy (non-hydrogen) atoms. The predicted octanol–water partition coefficient (Wildman–Crippen LogP) is 2.51. The molecule has 2 aromatic carbocycles. The summed E-state index contributed by atoms with van der Waals surface area (Å²) in [6.45, 7) is 4.19. The normalized spacial score (nSPS) is 14.5. The van der Waals surface area contributed by atoms with Gasteiger partial charge in [0.1, 0.15) is 0 Å². The average Bonchev–Trinajstić information content (AvgIpc) is 2.57. The molecule has 2 amide bonds. The van der Waals surface area contributed by atoms with Crippen molar-refractivity contribution in [2.24, 2.45) is 0 Å². The van der Waals surface area contributed by atoms with Gasteiger partial charge in [-0.3, -0.25) is 14.5 Å². The van der Waals surface area contributed by atoms with Crippen LogP contribution in [0.25, 0.3) is 10.8 Å². The van der Waals surface area contributed by atoms with E-state index in [9.17, 15) is 9.59 Å². The molecule has 3 rings (SSSR count). The van der Waals surface area contributed by atoms with E-state index in [4.69, 9.17) is 4.74 Å². The molecule has 2 aromatic rings. The molecule has 5 nitrogen and oxygen atoms in total. The topological polar surface area (TPSA) is 46.6 Å². The van der Waals surface area contributed by atoms with Crippen molar-refractivity contribution < 1.29 is 18.8 Å². The molecule has 0 aromatic heterocycles. The maximum absolute atomic E-state index is 12.8. The number of imide groups is 1. The highest BCUT2D eigenvalue weighted by Gasteiger charge is 2.33.